The topological polar surface area (TPSA) is 86.3 Å². The molecule has 1 aromatic heterocycles. The number of pyridine rings is 1. The van der Waals surface area contributed by atoms with Crippen LogP contribution in [0.25, 0.3) is 0 Å². The zero-order valence-corrected chi connectivity index (χ0v) is 18.5. The normalized spacial score (nSPS) is 18.2. The maximum Gasteiger partial charge on any atom is 0.265 e. The van der Waals surface area contributed by atoms with Crippen molar-refractivity contribution >= 4 is 29.2 Å². The van der Waals surface area contributed by atoms with E-state index in [2.05, 4.69) is 9.88 Å². The first-order valence-electron chi connectivity index (χ1n) is 11.4. The summed E-state index contributed by atoms with van der Waals surface area (Å²) in [7, 11) is 0. The Kier molecular flexibility index (Phi) is 5.85. The lowest BCUT2D eigenvalue weighted by Crippen LogP contribution is -2.49. The minimum atomic E-state index is -0.274. The molecule has 4 heterocycles. The van der Waals surface area contributed by atoms with Crippen molar-refractivity contribution in [2.24, 2.45) is 0 Å². The minimum absolute atomic E-state index is 0.0322. The lowest BCUT2D eigenvalue weighted by molar-refractivity contribution is -0.131. The van der Waals surface area contributed by atoms with Gasteiger partial charge in [-0.3, -0.25) is 19.3 Å². The van der Waals surface area contributed by atoms with Gasteiger partial charge in [-0.15, -0.1) is 0 Å². The van der Waals surface area contributed by atoms with Crippen LogP contribution in [0.15, 0.2) is 42.6 Å². The Hall–Kier alpha value is -3.62. The number of carbonyl (C=O) groups is 3. The summed E-state index contributed by atoms with van der Waals surface area (Å²) in [5.74, 6) is 0.981. The fourth-order valence-corrected chi connectivity index (χ4v) is 4.57. The highest BCUT2D eigenvalue weighted by molar-refractivity contribution is 6.04. The predicted octanol–water partition coefficient (Wildman–Crippen LogP) is 1.39. The molecule has 0 spiro atoms. The van der Waals surface area contributed by atoms with E-state index in [0.29, 0.717) is 43.2 Å². The molecule has 1 aromatic carbocycles. The minimum Gasteiger partial charge on any atom is -0.482 e. The summed E-state index contributed by atoms with van der Waals surface area (Å²) in [6.07, 6.45) is 3.75. The van der Waals surface area contributed by atoms with Crippen molar-refractivity contribution < 1.29 is 19.1 Å². The first-order valence-corrected chi connectivity index (χ1v) is 11.4. The van der Waals surface area contributed by atoms with Crippen molar-refractivity contribution in [1.82, 2.24) is 14.8 Å². The number of amides is 3. The van der Waals surface area contributed by atoms with E-state index in [0.717, 1.165) is 31.7 Å². The summed E-state index contributed by atoms with van der Waals surface area (Å²) in [6.45, 7) is 3.88. The number of aromatic nitrogens is 1. The molecule has 3 aliphatic rings. The second kappa shape index (κ2) is 9.09. The second-order valence-electron chi connectivity index (χ2n) is 8.51. The molecule has 0 unspecified atom stereocenters. The number of benzene rings is 1. The summed E-state index contributed by atoms with van der Waals surface area (Å²) in [5, 5.41) is 0. The zero-order valence-electron chi connectivity index (χ0n) is 18.5. The molecule has 0 radical (unpaired) electrons. The molecule has 5 rings (SSSR count). The van der Waals surface area contributed by atoms with Crippen LogP contribution in [-0.4, -0.2) is 84.9 Å². The highest BCUT2D eigenvalue weighted by atomic mass is 16.5. The van der Waals surface area contributed by atoms with Gasteiger partial charge in [-0.1, -0.05) is 6.07 Å². The number of piperazine rings is 1. The molecule has 0 N–H and O–H groups in total. The predicted molar refractivity (Wildman–Crippen MR) is 122 cm³/mol. The molecule has 2 saturated heterocycles. The van der Waals surface area contributed by atoms with Gasteiger partial charge in [0.2, 0.25) is 5.91 Å². The van der Waals surface area contributed by atoms with E-state index in [9.17, 15) is 14.4 Å². The monoisotopic (exact) mass is 449 g/mol. The lowest BCUT2D eigenvalue weighted by atomic mass is 10.1. The second-order valence-corrected chi connectivity index (χ2v) is 8.51. The van der Waals surface area contributed by atoms with Crippen LogP contribution in [0.3, 0.4) is 0 Å². The third-order valence-corrected chi connectivity index (χ3v) is 6.44. The van der Waals surface area contributed by atoms with Gasteiger partial charge in [0.05, 0.1) is 5.69 Å². The molecule has 2 fully saturated rings. The van der Waals surface area contributed by atoms with E-state index in [1.165, 1.54) is 4.90 Å². The number of anilines is 2. The Bertz CT molecular complexity index is 1050. The molecular formula is C24H27N5O4. The van der Waals surface area contributed by atoms with Crippen molar-refractivity contribution in [3.63, 3.8) is 0 Å². The molecule has 33 heavy (non-hydrogen) atoms. The van der Waals surface area contributed by atoms with Gasteiger partial charge in [0.15, 0.2) is 6.61 Å². The number of ether oxygens (including phenoxy) is 1. The maximum absolute atomic E-state index is 13.2. The van der Waals surface area contributed by atoms with Crippen LogP contribution in [0.1, 0.15) is 23.2 Å². The number of rotatable bonds is 4. The van der Waals surface area contributed by atoms with E-state index < -0.39 is 0 Å². The zero-order chi connectivity index (χ0) is 22.8. The molecule has 0 bridgehead atoms. The standard InChI is InChI=1S/C24H27N5O4/c30-22(27-9-3-4-10-27)16-29-19-15-18(6-7-20(19)33-17-23(29)31)24(32)28-13-11-26(12-14-28)21-5-1-2-8-25-21/h1-2,5-8,15H,3-4,9-14,16-17H2. The van der Waals surface area contributed by atoms with Crippen LogP contribution in [0.2, 0.25) is 0 Å². The molecule has 3 aliphatic heterocycles. The van der Waals surface area contributed by atoms with Crippen LogP contribution in [0.5, 0.6) is 5.75 Å². The van der Waals surface area contributed by atoms with Gasteiger partial charge >= 0.3 is 0 Å². The maximum atomic E-state index is 13.2. The van der Waals surface area contributed by atoms with Crippen LogP contribution in [-0.2, 0) is 9.59 Å². The van der Waals surface area contributed by atoms with Crippen LogP contribution in [0.4, 0.5) is 11.5 Å². The average Bonchev–Trinajstić information content (AvgIpc) is 3.41. The average molecular weight is 450 g/mol. The van der Waals surface area contributed by atoms with Gasteiger partial charge in [0.1, 0.15) is 18.1 Å². The Labute approximate surface area is 192 Å². The fourth-order valence-electron chi connectivity index (χ4n) is 4.57. The Morgan fingerprint density at radius 1 is 0.939 bits per heavy atom. The van der Waals surface area contributed by atoms with Crippen molar-refractivity contribution in [2.75, 3.05) is 62.2 Å². The number of likely N-dealkylation sites (tertiary alicyclic amines) is 1. The number of hydrogen-bond acceptors (Lipinski definition) is 6. The summed E-state index contributed by atoms with van der Waals surface area (Å²) in [5.41, 5.74) is 0.966. The molecule has 0 atom stereocenters. The van der Waals surface area contributed by atoms with E-state index in [1.54, 1.807) is 29.3 Å². The molecule has 9 nitrogen and oxygen atoms in total. The first-order chi connectivity index (χ1) is 16.1. The highest BCUT2D eigenvalue weighted by Crippen LogP contribution is 2.33. The number of hydrogen-bond donors (Lipinski definition) is 0. The summed E-state index contributed by atoms with van der Waals surface area (Å²) >= 11 is 0. The first kappa shape index (κ1) is 21.2. The van der Waals surface area contributed by atoms with Gasteiger partial charge < -0.3 is 19.4 Å². The van der Waals surface area contributed by atoms with Crippen LogP contribution in [0, 0.1) is 0 Å². The largest absolute Gasteiger partial charge is 0.482 e. The van der Waals surface area contributed by atoms with Gasteiger partial charge in [-0.05, 0) is 43.2 Å². The van der Waals surface area contributed by atoms with Crippen molar-refractivity contribution in [2.45, 2.75) is 12.8 Å². The van der Waals surface area contributed by atoms with Gasteiger partial charge in [0, 0.05) is 51.0 Å². The summed E-state index contributed by atoms with van der Waals surface area (Å²) in [4.78, 5) is 50.1. The van der Waals surface area contributed by atoms with E-state index >= 15 is 0 Å². The smallest absolute Gasteiger partial charge is 0.265 e. The van der Waals surface area contributed by atoms with E-state index in [4.69, 9.17) is 4.74 Å². The molecule has 0 aliphatic carbocycles. The number of fused-ring (bicyclic) bond motifs is 1. The van der Waals surface area contributed by atoms with Crippen LogP contribution < -0.4 is 14.5 Å². The number of carbonyl (C=O) groups excluding carboxylic acids is 3. The van der Waals surface area contributed by atoms with Crippen LogP contribution >= 0.6 is 0 Å². The molecule has 2 aromatic rings. The van der Waals surface area contributed by atoms with Crippen molar-refractivity contribution in [3.8, 4) is 5.75 Å². The molecule has 3 amide bonds. The van der Waals surface area contributed by atoms with Gasteiger partial charge in [0.25, 0.3) is 11.8 Å². The SMILES string of the molecule is O=C(CN1C(=O)COc2ccc(C(=O)N3CCN(c4ccccn4)CC3)cc21)N1CCCC1. The summed E-state index contributed by atoms with van der Waals surface area (Å²) in [6, 6.07) is 10.9. The molecule has 172 valence electrons. The van der Waals surface area contributed by atoms with E-state index in [-0.39, 0.29) is 30.9 Å². The quantitative estimate of drug-likeness (QED) is 0.701. The Morgan fingerprint density at radius 3 is 2.45 bits per heavy atom. The van der Waals surface area contributed by atoms with Gasteiger partial charge in [-0.25, -0.2) is 4.98 Å². The molecular weight excluding hydrogens is 422 g/mol. The van der Waals surface area contributed by atoms with Gasteiger partial charge in [-0.2, -0.15) is 0 Å². The fraction of sp³-hybridized carbons (Fsp3) is 0.417. The number of nitrogens with zero attached hydrogens (tertiary/aromatic N) is 5. The summed E-state index contributed by atoms with van der Waals surface area (Å²) < 4.78 is 5.56. The third kappa shape index (κ3) is 4.35. The van der Waals surface area contributed by atoms with Crippen molar-refractivity contribution in [1.29, 1.82) is 0 Å². The lowest BCUT2D eigenvalue weighted by Gasteiger charge is -2.36. The Morgan fingerprint density at radius 2 is 1.73 bits per heavy atom. The molecule has 9 heteroatoms. The Balaban J connectivity index is 1.30. The van der Waals surface area contributed by atoms with E-state index in [1.807, 2.05) is 23.1 Å². The molecule has 0 saturated carbocycles. The van der Waals surface area contributed by atoms with Crippen molar-refractivity contribution in [3.05, 3.63) is 48.2 Å². The highest BCUT2D eigenvalue weighted by Gasteiger charge is 2.31. The third-order valence-electron chi connectivity index (χ3n) is 6.44.